The minimum atomic E-state index is -4.55. The predicted molar refractivity (Wildman–Crippen MR) is 97.7 cm³/mol. The van der Waals surface area contributed by atoms with Gasteiger partial charge in [-0.3, -0.25) is 15.0 Å². The number of alkyl halides is 3. The van der Waals surface area contributed by atoms with E-state index < -0.39 is 29.9 Å². The minimum absolute atomic E-state index is 0.112. The van der Waals surface area contributed by atoms with Gasteiger partial charge in [-0.15, -0.1) is 11.3 Å². The molecule has 150 valence electrons. The van der Waals surface area contributed by atoms with Gasteiger partial charge in [0.15, 0.2) is 10.8 Å². The Labute approximate surface area is 162 Å². The van der Waals surface area contributed by atoms with Crippen molar-refractivity contribution in [2.75, 3.05) is 31.5 Å². The largest absolute Gasteiger partial charge is 0.434 e. The number of hydrogen-bond acceptors (Lipinski definition) is 5. The highest BCUT2D eigenvalue weighted by Crippen LogP contribution is 2.31. The van der Waals surface area contributed by atoms with Gasteiger partial charge < -0.3 is 10.6 Å². The number of hydrogen-bond donors (Lipinski definition) is 2. The lowest BCUT2D eigenvalue weighted by Gasteiger charge is -2.38. The number of halogens is 3. The van der Waals surface area contributed by atoms with Crippen LogP contribution in [0.4, 0.5) is 23.1 Å². The molecule has 0 spiro atoms. The van der Waals surface area contributed by atoms with Crippen LogP contribution in [0.3, 0.4) is 0 Å². The molecule has 1 aliphatic rings. The summed E-state index contributed by atoms with van der Waals surface area (Å²) in [6.45, 7) is 1.42. The average Bonchev–Trinajstić information content (AvgIpc) is 3.12. The molecule has 3 rings (SSSR count). The van der Waals surface area contributed by atoms with Gasteiger partial charge in [0.05, 0.1) is 0 Å². The third-order valence-electron chi connectivity index (χ3n) is 4.36. The van der Waals surface area contributed by atoms with E-state index in [1.807, 2.05) is 35.2 Å². The number of carbonyl (C=O) groups is 2. The molecule has 7 nitrogen and oxygen atoms in total. The molecule has 1 unspecified atom stereocenters. The number of primary amides is 1. The number of piperazine rings is 1. The van der Waals surface area contributed by atoms with Crippen molar-refractivity contribution in [3.63, 3.8) is 0 Å². The van der Waals surface area contributed by atoms with Gasteiger partial charge in [-0.05, 0) is 5.56 Å². The lowest BCUT2D eigenvalue weighted by molar-refractivity contribution is -0.140. The van der Waals surface area contributed by atoms with E-state index in [0.29, 0.717) is 37.5 Å². The third kappa shape index (κ3) is 4.60. The molecule has 0 radical (unpaired) electrons. The van der Waals surface area contributed by atoms with E-state index in [1.54, 1.807) is 0 Å². The van der Waals surface area contributed by atoms with Crippen molar-refractivity contribution < 1.29 is 22.8 Å². The molecule has 2 aromatic rings. The standard InChI is InChI=1S/C17H18F3N5O2S/c18-17(19,20)12-10-28-15(22-12)23-16(27)25-8-6-24(7-9-25)13(14(21)26)11-4-2-1-3-5-11/h1-5,10,13H,6-9H2,(H2,21,26)(H,22,23,27). The monoisotopic (exact) mass is 413 g/mol. The first-order chi connectivity index (χ1) is 13.3. The fourth-order valence-electron chi connectivity index (χ4n) is 3.01. The van der Waals surface area contributed by atoms with E-state index in [2.05, 4.69) is 10.3 Å². The summed E-state index contributed by atoms with van der Waals surface area (Å²) in [7, 11) is 0. The van der Waals surface area contributed by atoms with E-state index >= 15 is 0 Å². The van der Waals surface area contributed by atoms with Crippen LogP contribution in [0.2, 0.25) is 0 Å². The van der Waals surface area contributed by atoms with Crippen molar-refractivity contribution in [2.24, 2.45) is 5.73 Å². The zero-order valence-corrected chi connectivity index (χ0v) is 15.5. The normalized spacial score (nSPS) is 16.6. The molecular weight excluding hydrogens is 395 g/mol. The van der Waals surface area contributed by atoms with Crippen molar-refractivity contribution in [3.8, 4) is 0 Å². The maximum absolute atomic E-state index is 12.6. The second-order valence-electron chi connectivity index (χ2n) is 6.20. The summed E-state index contributed by atoms with van der Waals surface area (Å²) in [6.07, 6.45) is -4.55. The Morgan fingerprint density at radius 2 is 1.79 bits per heavy atom. The van der Waals surface area contributed by atoms with Crippen LogP contribution in [0, 0.1) is 0 Å². The summed E-state index contributed by atoms with van der Waals surface area (Å²) in [4.78, 5) is 31.0. The number of nitrogens with two attached hydrogens (primary N) is 1. The molecule has 1 atom stereocenters. The third-order valence-corrected chi connectivity index (χ3v) is 5.12. The zero-order chi connectivity index (χ0) is 20.3. The second-order valence-corrected chi connectivity index (χ2v) is 7.06. The predicted octanol–water partition coefficient (Wildman–Crippen LogP) is 2.54. The fraction of sp³-hybridized carbons (Fsp3) is 0.353. The molecule has 3 N–H and O–H groups in total. The van der Waals surface area contributed by atoms with Gasteiger partial charge in [0, 0.05) is 31.6 Å². The molecule has 0 saturated carbocycles. The molecule has 1 fully saturated rings. The molecule has 0 bridgehead atoms. The molecular formula is C17H18F3N5O2S. The van der Waals surface area contributed by atoms with E-state index in [0.717, 1.165) is 10.9 Å². The number of urea groups is 1. The highest BCUT2D eigenvalue weighted by molar-refractivity contribution is 7.13. The quantitative estimate of drug-likeness (QED) is 0.806. The Balaban J connectivity index is 1.59. The highest BCUT2D eigenvalue weighted by atomic mass is 32.1. The number of carbonyl (C=O) groups excluding carboxylic acids is 2. The Morgan fingerprint density at radius 3 is 2.32 bits per heavy atom. The molecule has 1 aromatic carbocycles. The Bertz CT molecular complexity index is 835. The van der Waals surface area contributed by atoms with Gasteiger partial charge in [0.2, 0.25) is 5.91 Å². The van der Waals surface area contributed by atoms with Crippen LogP contribution in [0.5, 0.6) is 0 Å². The molecule has 0 aliphatic carbocycles. The summed E-state index contributed by atoms with van der Waals surface area (Å²) in [5.74, 6) is -0.480. The number of nitrogens with zero attached hydrogens (tertiary/aromatic N) is 3. The van der Waals surface area contributed by atoms with Crippen molar-refractivity contribution in [1.29, 1.82) is 0 Å². The number of aromatic nitrogens is 1. The van der Waals surface area contributed by atoms with Crippen molar-refractivity contribution in [1.82, 2.24) is 14.8 Å². The van der Waals surface area contributed by atoms with Crippen LogP contribution in [0.1, 0.15) is 17.3 Å². The average molecular weight is 413 g/mol. The van der Waals surface area contributed by atoms with Gasteiger partial charge in [-0.2, -0.15) is 13.2 Å². The second kappa shape index (κ2) is 8.15. The lowest BCUT2D eigenvalue weighted by atomic mass is 10.0. The van der Waals surface area contributed by atoms with Crippen LogP contribution in [-0.2, 0) is 11.0 Å². The molecule has 28 heavy (non-hydrogen) atoms. The Morgan fingerprint density at radius 1 is 1.14 bits per heavy atom. The van der Waals surface area contributed by atoms with Gasteiger partial charge >= 0.3 is 12.2 Å². The van der Waals surface area contributed by atoms with Gasteiger partial charge in [0.1, 0.15) is 6.04 Å². The lowest BCUT2D eigenvalue weighted by Crippen LogP contribution is -2.52. The summed E-state index contributed by atoms with van der Waals surface area (Å²) >= 11 is 0.714. The van der Waals surface area contributed by atoms with Gasteiger partial charge in [-0.1, -0.05) is 30.3 Å². The fourth-order valence-corrected chi connectivity index (χ4v) is 3.71. The smallest absolute Gasteiger partial charge is 0.368 e. The summed E-state index contributed by atoms with van der Waals surface area (Å²) in [5.41, 5.74) is 5.30. The topological polar surface area (TPSA) is 91.6 Å². The number of rotatable bonds is 4. The number of thiazole rings is 1. The van der Waals surface area contributed by atoms with Crippen molar-refractivity contribution in [2.45, 2.75) is 12.2 Å². The summed E-state index contributed by atoms with van der Waals surface area (Å²) in [6, 6.07) is 7.98. The highest BCUT2D eigenvalue weighted by Gasteiger charge is 2.34. The number of amides is 3. The molecule has 1 aliphatic heterocycles. The summed E-state index contributed by atoms with van der Waals surface area (Å²) in [5, 5.41) is 3.13. The molecule has 1 aromatic heterocycles. The molecule has 2 heterocycles. The maximum atomic E-state index is 12.6. The van der Waals surface area contributed by atoms with Gasteiger partial charge in [0.25, 0.3) is 0 Å². The van der Waals surface area contributed by atoms with E-state index in [9.17, 15) is 22.8 Å². The number of anilines is 1. The Kier molecular flexibility index (Phi) is 5.84. The van der Waals surface area contributed by atoms with E-state index in [4.69, 9.17) is 5.73 Å². The first-order valence-electron chi connectivity index (χ1n) is 8.42. The Hall–Kier alpha value is -2.66. The molecule has 3 amide bonds. The first-order valence-corrected chi connectivity index (χ1v) is 9.30. The van der Waals surface area contributed by atoms with Crippen LogP contribution in [0.25, 0.3) is 0 Å². The van der Waals surface area contributed by atoms with Crippen molar-refractivity contribution in [3.05, 3.63) is 47.0 Å². The first kappa shape index (κ1) is 20.1. The van der Waals surface area contributed by atoms with E-state index in [1.165, 1.54) is 4.90 Å². The van der Waals surface area contributed by atoms with Crippen LogP contribution in [-0.4, -0.2) is 52.9 Å². The van der Waals surface area contributed by atoms with Crippen molar-refractivity contribution >= 4 is 28.4 Å². The SMILES string of the molecule is NC(=O)C(c1ccccc1)N1CCN(C(=O)Nc2nc(C(F)(F)F)cs2)CC1. The number of benzene rings is 1. The maximum Gasteiger partial charge on any atom is 0.434 e. The molecule has 1 saturated heterocycles. The van der Waals surface area contributed by atoms with Crippen LogP contribution < -0.4 is 11.1 Å². The van der Waals surface area contributed by atoms with E-state index in [-0.39, 0.29) is 5.13 Å². The molecule has 11 heteroatoms. The van der Waals surface area contributed by atoms with Gasteiger partial charge in [-0.25, -0.2) is 9.78 Å². The summed E-state index contributed by atoms with van der Waals surface area (Å²) < 4.78 is 37.8. The number of nitrogens with one attached hydrogen (secondary N) is 1. The minimum Gasteiger partial charge on any atom is -0.368 e. The van der Waals surface area contributed by atoms with Crippen LogP contribution in [0.15, 0.2) is 35.7 Å². The van der Waals surface area contributed by atoms with Crippen LogP contribution >= 0.6 is 11.3 Å². The zero-order valence-electron chi connectivity index (χ0n) is 14.6.